The SMILES string of the molecule is CCn1cc(NC(=O)C(=O)NC[C@H]2CC=CCC2)cn1. The molecule has 1 aliphatic rings. The molecule has 0 aliphatic heterocycles. The van der Waals surface area contributed by atoms with E-state index in [4.69, 9.17) is 0 Å². The van der Waals surface area contributed by atoms with Crippen LogP contribution in [-0.2, 0) is 16.1 Å². The second-order valence-electron chi connectivity index (χ2n) is 4.90. The Balaban J connectivity index is 1.76. The highest BCUT2D eigenvalue weighted by molar-refractivity contribution is 6.39. The zero-order valence-corrected chi connectivity index (χ0v) is 11.6. The van der Waals surface area contributed by atoms with Gasteiger partial charge in [0.05, 0.1) is 11.9 Å². The highest BCUT2D eigenvalue weighted by Crippen LogP contribution is 2.16. The number of anilines is 1. The fraction of sp³-hybridized carbons (Fsp3) is 0.500. The van der Waals surface area contributed by atoms with Gasteiger partial charge in [0.15, 0.2) is 0 Å². The second-order valence-corrected chi connectivity index (χ2v) is 4.90. The first-order chi connectivity index (χ1) is 9.69. The third-order valence-corrected chi connectivity index (χ3v) is 3.35. The fourth-order valence-electron chi connectivity index (χ4n) is 2.15. The van der Waals surface area contributed by atoms with Gasteiger partial charge in [-0.25, -0.2) is 0 Å². The molecule has 20 heavy (non-hydrogen) atoms. The molecule has 6 nitrogen and oxygen atoms in total. The predicted molar refractivity (Wildman–Crippen MR) is 76.0 cm³/mol. The van der Waals surface area contributed by atoms with Crippen LogP contribution in [0.5, 0.6) is 0 Å². The van der Waals surface area contributed by atoms with Crippen molar-refractivity contribution in [3.63, 3.8) is 0 Å². The van der Waals surface area contributed by atoms with E-state index in [9.17, 15) is 9.59 Å². The summed E-state index contributed by atoms with van der Waals surface area (Å²) >= 11 is 0. The van der Waals surface area contributed by atoms with Gasteiger partial charge < -0.3 is 10.6 Å². The van der Waals surface area contributed by atoms with Crippen LogP contribution in [0, 0.1) is 5.92 Å². The molecule has 0 spiro atoms. The standard InChI is InChI=1S/C14H20N4O2/c1-2-18-10-12(9-16-18)17-14(20)13(19)15-8-11-6-4-3-5-7-11/h3-4,9-11H,2,5-8H2,1H3,(H,15,19)(H,17,20)/t11-/m0/s1. The molecule has 0 saturated heterocycles. The number of carbonyl (C=O) groups is 2. The molecule has 2 rings (SSSR count). The van der Waals surface area contributed by atoms with E-state index in [1.54, 1.807) is 10.9 Å². The quantitative estimate of drug-likeness (QED) is 0.643. The Labute approximate surface area is 118 Å². The molecule has 0 bridgehead atoms. The molecule has 1 aromatic heterocycles. The van der Waals surface area contributed by atoms with Gasteiger partial charge in [-0.2, -0.15) is 5.10 Å². The topological polar surface area (TPSA) is 76.0 Å². The summed E-state index contributed by atoms with van der Waals surface area (Å²) < 4.78 is 1.68. The number of allylic oxidation sites excluding steroid dienone is 2. The van der Waals surface area contributed by atoms with Gasteiger partial charge in [-0.05, 0) is 32.1 Å². The Bertz CT molecular complexity index is 507. The summed E-state index contributed by atoms with van der Waals surface area (Å²) in [6.07, 6.45) is 10.6. The third kappa shape index (κ3) is 3.94. The number of nitrogens with zero attached hydrogens (tertiary/aromatic N) is 2. The van der Waals surface area contributed by atoms with E-state index >= 15 is 0 Å². The molecule has 0 saturated carbocycles. The fourth-order valence-corrected chi connectivity index (χ4v) is 2.15. The Kier molecular flexibility index (Phi) is 4.92. The van der Waals surface area contributed by atoms with Crippen molar-refractivity contribution in [3.05, 3.63) is 24.5 Å². The lowest BCUT2D eigenvalue weighted by Gasteiger charge is -2.17. The molecule has 1 atom stereocenters. The van der Waals surface area contributed by atoms with Crippen molar-refractivity contribution in [1.82, 2.24) is 15.1 Å². The van der Waals surface area contributed by atoms with Gasteiger partial charge in [0.1, 0.15) is 0 Å². The smallest absolute Gasteiger partial charge is 0.313 e. The van der Waals surface area contributed by atoms with Crippen LogP contribution in [0.4, 0.5) is 5.69 Å². The molecule has 2 N–H and O–H groups in total. The summed E-state index contributed by atoms with van der Waals surface area (Å²) in [5.74, 6) is -0.810. The van der Waals surface area contributed by atoms with Crippen molar-refractivity contribution >= 4 is 17.5 Å². The zero-order valence-electron chi connectivity index (χ0n) is 11.6. The molecule has 6 heteroatoms. The minimum atomic E-state index is -0.646. The van der Waals surface area contributed by atoms with Crippen molar-refractivity contribution in [3.8, 4) is 0 Å². The van der Waals surface area contributed by atoms with Gasteiger partial charge in [0.25, 0.3) is 0 Å². The second kappa shape index (κ2) is 6.88. The van der Waals surface area contributed by atoms with E-state index in [1.165, 1.54) is 6.20 Å². The van der Waals surface area contributed by atoms with Gasteiger partial charge in [0.2, 0.25) is 0 Å². The van der Waals surface area contributed by atoms with Crippen LogP contribution in [0.25, 0.3) is 0 Å². The summed E-state index contributed by atoms with van der Waals surface area (Å²) in [5, 5.41) is 9.25. The maximum Gasteiger partial charge on any atom is 0.313 e. The summed E-state index contributed by atoms with van der Waals surface area (Å²) in [6.45, 7) is 3.21. The van der Waals surface area contributed by atoms with Gasteiger partial charge in [-0.1, -0.05) is 12.2 Å². The Morgan fingerprint density at radius 3 is 2.90 bits per heavy atom. The lowest BCUT2D eigenvalue weighted by atomic mass is 9.94. The Hall–Kier alpha value is -2.11. The average molecular weight is 276 g/mol. The highest BCUT2D eigenvalue weighted by Gasteiger charge is 2.17. The maximum absolute atomic E-state index is 11.7. The van der Waals surface area contributed by atoms with Crippen LogP contribution in [0.1, 0.15) is 26.2 Å². The van der Waals surface area contributed by atoms with Crippen molar-refractivity contribution in [2.75, 3.05) is 11.9 Å². The predicted octanol–water partition coefficient (Wildman–Crippen LogP) is 1.31. The van der Waals surface area contributed by atoms with Crippen LogP contribution in [0.2, 0.25) is 0 Å². The van der Waals surface area contributed by atoms with Crippen LogP contribution >= 0.6 is 0 Å². The van der Waals surface area contributed by atoms with Crippen molar-refractivity contribution in [2.45, 2.75) is 32.7 Å². The number of amides is 2. The van der Waals surface area contributed by atoms with Gasteiger partial charge >= 0.3 is 11.8 Å². The minimum Gasteiger partial charge on any atom is -0.348 e. The minimum absolute atomic E-state index is 0.430. The number of rotatable bonds is 4. The number of aromatic nitrogens is 2. The Morgan fingerprint density at radius 2 is 2.25 bits per heavy atom. The lowest BCUT2D eigenvalue weighted by Crippen LogP contribution is -2.38. The molecule has 0 radical (unpaired) electrons. The van der Waals surface area contributed by atoms with E-state index in [0.29, 0.717) is 18.2 Å². The normalized spacial score (nSPS) is 17.8. The largest absolute Gasteiger partial charge is 0.348 e. The van der Waals surface area contributed by atoms with Gasteiger partial charge in [-0.15, -0.1) is 0 Å². The molecular weight excluding hydrogens is 256 g/mol. The number of carbonyl (C=O) groups excluding carboxylic acids is 2. The molecule has 108 valence electrons. The van der Waals surface area contributed by atoms with Gasteiger partial charge in [0, 0.05) is 19.3 Å². The van der Waals surface area contributed by atoms with Crippen molar-refractivity contribution < 1.29 is 9.59 Å². The summed E-state index contributed by atoms with van der Waals surface area (Å²) in [4.78, 5) is 23.4. The monoisotopic (exact) mass is 276 g/mol. The maximum atomic E-state index is 11.7. The average Bonchev–Trinajstić information content (AvgIpc) is 2.93. The van der Waals surface area contributed by atoms with E-state index in [-0.39, 0.29) is 0 Å². The van der Waals surface area contributed by atoms with Gasteiger partial charge in [-0.3, -0.25) is 14.3 Å². The number of nitrogens with one attached hydrogen (secondary N) is 2. The molecule has 1 heterocycles. The molecule has 1 aromatic rings. The molecule has 0 aromatic carbocycles. The van der Waals surface area contributed by atoms with Crippen LogP contribution in [0.15, 0.2) is 24.5 Å². The third-order valence-electron chi connectivity index (χ3n) is 3.35. The van der Waals surface area contributed by atoms with Crippen LogP contribution < -0.4 is 10.6 Å². The first kappa shape index (κ1) is 14.3. The number of aryl methyl sites for hydroxylation is 1. The first-order valence-electron chi connectivity index (χ1n) is 6.95. The zero-order chi connectivity index (χ0) is 14.4. The van der Waals surface area contributed by atoms with E-state index < -0.39 is 11.8 Å². The summed E-state index contributed by atoms with van der Waals surface area (Å²) in [7, 11) is 0. The molecule has 0 unspecified atom stereocenters. The Morgan fingerprint density at radius 1 is 1.40 bits per heavy atom. The van der Waals surface area contributed by atoms with E-state index in [0.717, 1.165) is 25.8 Å². The molecular formula is C14H20N4O2. The van der Waals surface area contributed by atoms with E-state index in [1.807, 2.05) is 6.92 Å². The lowest BCUT2D eigenvalue weighted by molar-refractivity contribution is -0.136. The van der Waals surface area contributed by atoms with Crippen molar-refractivity contribution in [2.24, 2.45) is 5.92 Å². The van der Waals surface area contributed by atoms with Crippen LogP contribution in [0.3, 0.4) is 0 Å². The molecule has 0 fully saturated rings. The number of hydrogen-bond acceptors (Lipinski definition) is 3. The molecule has 1 aliphatic carbocycles. The van der Waals surface area contributed by atoms with E-state index in [2.05, 4.69) is 27.9 Å². The highest BCUT2D eigenvalue weighted by atomic mass is 16.2. The number of hydrogen-bond donors (Lipinski definition) is 2. The van der Waals surface area contributed by atoms with Crippen LogP contribution in [-0.4, -0.2) is 28.1 Å². The summed E-state index contributed by atoms with van der Waals surface area (Å²) in [5.41, 5.74) is 0.535. The van der Waals surface area contributed by atoms with Crippen molar-refractivity contribution in [1.29, 1.82) is 0 Å². The summed E-state index contributed by atoms with van der Waals surface area (Å²) in [6, 6.07) is 0. The first-order valence-corrected chi connectivity index (χ1v) is 6.95. The molecule has 2 amide bonds.